The molecule has 0 saturated heterocycles. The fourth-order valence-electron chi connectivity index (χ4n) is 2.90. The molecule has 0 aliphatic rings. The van der Waals surface area contributed by atoms with Crippen LogP contribution in [0.4, 0.5) is 0 Å². The molecule has 144 valence electrons. The Bertz CT molecular complexity index is 906. The van der Waals surface area contributed by atoms with Crippen molar-refractivity contribution in [3.8, 4) is 5.88 Å². The molecule has 0 aliphatic heterocycles. The van der Waals surface area contributed by atoms with E-state index in [0.717, 1.165) is 24.5 Å². The summed E-state index contributed by atoms with van der Waals surface area (Å²) in [7, 11) is 3.39. The minimum atomic E-state index is 0. The van der Waals surface area contributed by atoms with E-state index in [1.54, 1.807) is 20.4 Å². The summed E-state index contributed by atoms with van der Waals surface area (Å²) in [5, 5.41) is 7.95. The van der Waals surface area contributed by atoms with Crippen LogP contribution in [0, 0.1) is 6.92 Å². The molecule has 0 atom stereocenters. The summed E-state index contributed by atoms with van der Waals surface area (Å²) in [5.41, 5.74) is 4.85. The van der Waals surface area contributed by atoms with Crippen molar-refractivity contribution in [2.24, 2.45) is 4.99 Å². The molecule has 2 aromatic heterocycles. The fourth-order valence-corrected chi connectivity index (χ4v) is 2.90. The average molecular weight is 479 g/mol. The molecule has 27 heavy (non-hydrogen) atoms. The Balaban J connectivity index is 0.00000261. The van der Waals surface area contributed by atoms with Gasteiger partial charge in [-0.25, -0.2) is 4.98 Å². The summed E-state index contributed by atoms with van der Waals surface area (Å²) in [6.07, 6.45) is 4.75. The van der Waals surface area contributed by atoms with Gasteiger partial charge in [-0.2, -0.15) is 0 Å². The highest BCUT2D eigenvalue weighted by Gasteiger charge is 2.05. The number of aryl methyl sites for hydroxylation is 1. The maximum Gasteiger partial charge on any atom is 0.213 e. The number of guanidine groups is 1. The normalized spacial score (nSPS) is 11.1. The van der Waals surface area contributed by atoms with Gasteiger partial charge in [0, 0.05) is 49.5 Å². The molecule has 7 heteroatoms. The molecule has 0 saturated carbocycles. The molecule has 0 unspecified atom stereocenters. The SMILES string of the molecule is CN=C(NCCc1c[nH]c2cc(C)ccc12)NCc1ccnc(OC)c1.I. The fraction of sp³-hybridized carbons (Fsp3) is 0.300. The molecule has 0 spiro atoms. The third-order valence-electron chi connectivity index (χ3n) is 4.30. The Morgan fingerprint density at radius 3 is 2.85 bits per heavy atom. The van der Waals surface area contributed by atoms with Gasteiger partial charge in [-0.1, -0.05) is 12.1 Å². The number of aromatic nitrogens is 2. The molecule has 3 N–H and O–H groups in total. The van der Waals surface area contributed by atoms with E-state index in [4.69, 9.17) is 4.74 Å². The van der Waals surface area contributed by atoms with Gasteiger partial charge in [0.1, 0.15) is 0 Å². The molecule has 0 aliphatic carbocycles. The van der Waals surface area contributed by atoms with E-state index < -0.39 is 0 Å². The summed E-state index contributed by atoms with van der Waals surface area (Å²) < 4.78 is 5.15. The number of hydrogen-bond donors (Lipinski definition) is 3. The van der Waals surface area contributed by atoms with Crippen molar-refractivity contribution in [1.29, 1.82) is 0 Å². The predicted molar refractivity (Wildman–Crippen MR) is 121 cm³/mol. The Labute approximate surface area is 176 Å². The number of aliphatic imine (C=N–C) groups is 1. The van der Waals surface area contributed by atoms with Crippen LogP contribution in [-0.4, -0.2) is 36.6 Å². The number of hydrogen-bond acceptors (Lipinski definition) is 3. The number of halogens is 1. The van der Waals surface area contributed by atoms with E-state index in [2.05, 4.69) is 56.9 Å². The second-order valence-corrected chi connectivity index (χ2v) is 6.17. The lowest BCUT2D eigenvalue weighted by molar-refractivity contribution is 0.397. The number of fused-ring (bicyclic) bond motifs is 1. The molecule has 2 heterocycles. The molecule has 1 aromatic carbocycles. The van der Waals surface area contributed by atoms with Crippen molar-refractivity contribution in [2.45, 2.75) is 19.9 Å². The van der Waals surface area contributed by atoms with E-state index >= 15 is 0 Å². The minimum Gasteiger partial charge on any atom is -0.481 e. The topological polar surface area (TPSA) is 74.3 Å². The number of rotatable bonds is 6. The van der Waals surface area contributed by atoms with Crippen molar-refractivity contribution in [2.75, 3.05) is 20.7 Å². The highest BCUT2D eigenvalue weighted by Crippen LogP contribution is 2.19. The van der Waals surface area contributed by atoms with E-state index in [0.29, 0.717) is 12.4 Å². The Morgan fingerprint density at radius 1 is 1.22 bits per heavy atom. The van der Waals surface area contributed by atoms with Crippen LogP contribution in [-0.2, 0) is 13.0 Å². The number of pyridine rings is 1. The maximum atomic E-state index is 5.15. The van der Waals surface area contributed by atoms with Gasteiger partial charge in [0.25, 0.3) is 0 Å². The molecule has 3 rings (SSSR count). The summed E-state index contributed by atoms with van der Waals surface area (Å²) in [4.78, 5) is 11.7. The molecule has 0 bridgehead atoms. The smallest absolute Gasteiger partial charge is 0.213 e. The highest BCUT2D eigenvalue weighted by molar-refractivity contribution is 14.0. The van der Waals surface area contributed by atoms with Crippen molar-refractivity contribution in [3.63, 3.8) is 0 Å². The standard InChI is InChI=1S/C20H25N5O.HI/c1-14-4-5-17-16(13-24-18(17)10-14)7-9-23-20(21-2)25-12-15-6-8-22-19(11-15)26-3;/h4-6,8,10-11,13,24H,7,9,12H2,1-3H3,(H2,21,23,25);1H. The van der Waals surface area contributed by atoms with Crippen LogP contribution >= 0.6 is 24.0 Å². The number of nitrogens with zero attached hydrogens (tertiary/aromatic N) is 2. The second kappa shape index (κ2) is 10.1. The van der Waals surface area contributed by atoms with Crippen LogP contribution in [0.25, 0.3) is 10.9 Å². The van der Waals surface area contributed by atoms with Crippen LogP contribution < -0.4 is 15.4 Å². The minimum absolute atomic E-state index is 0. The number of aromatic amines is 1. The summed E-state index contributed by atoms with van der Waals surface area (Å²) in [6, 6.07) is 10.4. The highest BCUT2D eigenvalue weighted by atomic mass is 127. The third-order valence-corrected chi connectivity index (χ3v) is 4.30. The van der Waals surface area contributed by atoms with Crippen LogP contribution in [0.2, 0.25) is 0 Å². The number of methoxy groups -OCH3 is 1. The molecule has 0 fully saturated rings. The van der Waals surface area contributed by atoms with Crippen molar-refractivity contribution in [1.82, 2.24) is 20.6 Å². The van der Waals surface area contributed by atoms with Crippen molar-refractivity contribution in [3.05, 3.63) is 59.4 Å². The van der Waals surface area contributed by atoms with Crippen molar-refractivity contribution < 1.29 is 4.74 Å². The maximum absolute atomic E-state index is 5.15. The van der Waals surface area contributed by atoms with Crippen molar-refractivity contribution >= 4 is 40.8 Å². The zero-order valence-corrected chi connectivity index (χ0v) is 18.2. The van der Waals surface area contributed by atoms with Crippen LogP contribution in [0.5, 0.6) is 5.88 Å². The zero-order valence-electron chi connectivity index (χ0n) is 15.9. The van der Waals surface area contributed by atoms with Gasteiger partial charge in [0.15, 0.2) is 5.96 Å². The predicted octanol–water partition coefficient (Wildman–Crippen LogP) is 3.41. The molecular weight excluding hydrogens is 453 g/mol. The largest absolute Gasteiger partial charge is 0.481 e. The first-order chi connectivity index (χ1) is 12.7. The molecular formula is C20H26IN5O. The number of ether oxygens (including phenoxy) is 1. The molecule has 3 aromatic rings. The number of nitrogens with one attached hydrogen (secondary N) is 3. The first kappa shape index (κ1) is 21.0. The lowest BCUT2D eigenvalue weighted by Gasteiger charge is -2.12. The van der Waals surface area contributed by atoms with E-state index in [-0.39, 0.29) is 24.0 Å². The second-order valence-electron chi connectivity index (χ2n) is 6.17. The lowest BCUT2D eigenvalue weighted by atomic mass is 10.1. The Kier molecular flexibility index (Phi) is 7.90. The van der Waals surface area contributed by atoms with Gasteiger partial charge in [0.2, 0.25) is 5.88 Å². The summed E-state index contributed by atoms with van der Waals surface area (Å²) >= 11 is 0. The van der Waals surface area contributed by atoms with Gasteiger partial charge in [-0.05, 0) is 42.2 Å². The summed E-state index contributed by atoms with van der Waals surface area (Å²) in [6.45, 7) is 3.57. The Hall–Kier alpha value is -2.29. The van der Waals surface area contributed by atoms with E-state index in [9.17, 15) is 0 Å². The zero-order chi connectivity index (χ0) is 18.4. The third kappa shape index (κ3) is 5.59. The molecule has 0 amide bonds. The average Bonchev–Trinajstić information content (AvgIpc) is 3.06. The van der Waals surface area contributed by atoms with Crippen LogP contribution in [0.3, 0.4) is 0 Å². The number of H-pyrrole nitrogens is 1. The first-order valence-corrected chi connectivity index (χ1v) is 8.69. The first-order valence-electron chi connectivity index (χ1n) is 8.69. The quantitative estimate of drug-likeness (QED) is 0.288. The van der Waals surface area contributed by atoms with Crippen LogP contribution in [0.15, 0.2) is 47.7 Å². The van der Waals surface area contributed by atoms with Crippen LogP contribution in [0.1, 0.15) is 16.7 Å². The lowest BCUT2D eigenvalue weighted by Crippen LogP contribution is -2.37. The van der Waals surface area contributed by atoms with E-state index in [1.165, 1.54) is 22.0 Å². The van der Waals surface area contributed by atoms with Gasteiger partial charge in [0.05, 0.1) is 7.11 Å². The van der Waals surface area contributed by atoms with Gasteiger partial charge < -0.3 is 20.4 Å². The molecule has 0 radical (unpaired) electrons. The van der Waals surface area contributed by atoms with Gasteiger partial charge >= 0.3 is 0 Å². The summed E-state index contributed by atoms with van der Waals surface area (Å²) in [5.74, 6) is 1.39. The van der Waals surface area contributed by atoms with E-state index in [1.807, 2.05) is 12.1 Å². The number of benzene rings is 1. The van der Waals surface area contributed by atoms with Gasteiger partial charge in [-0.15, -0.1) is 24.0 Å². The van der Waals surface area contributed by atoms with Gasteiger partial charge in [-0.3, -0.25) is 4.99 Å². The Morgan fingerprint density at radius 2 is 2.07 bits per heavy atom. The monoisotopic (exact) mass is 479 g/mol. The molecule has 6 nitrogen and oxygen atoms in total.